The van der Waals surface area contributed by atoms with Gasteiger partial charge in [0.2, 0.25) is 0 Å². The van der Waals surface area contributed by atoms with Gasteiger partial charge in [-0.1, -0.05) is 17.7 Å². The number of ether oxygens (including phenoxy) is 1. The summed E-state index contributed by atoms with van der Waals surface area (Å²) in [6.45, 7) is 3.71. The molecule has 1 aromatic heterocycles. The molecule has 2 rings (SSSR count). The Hall–Kier alpha value is -2.14. The molecule has 0 atom stereocenters. The maximum absolute atomic E-state index is 11.8. The van der Waals surface area contributed by atoms with E-state index in [1.807, 2.05) is 0 Å². The van der Waals surface area contributed by atoms with Gasteiger partial charge in [-0.2, -0.15) is 5.10 Å². The lowest BCUT2D eigenvalue weighted by molar-refractivity contribution is 0.0525. The van der Waals surface area contributed by atoms with Gasteiger partial charge in [-0.3, -0.25) is 4.79 Å². The topological polar surface area (TPSA) is 61.2 Å². The number of carbonyl (C=O) groups excluding carboxylic acids is 2. The second-order valence-corrected chi connectivity index (χ2v) is 4.50. The molecular formula is C14H13ClN2O3. The fourth-order valence-electron chi connectivity index (χ4n) is 1.85. The van der Waals surface area contributed by atoms with Crippen LogP contribution in [0, 0.1) is 6.92 Å². The predicted octanol–water partition coefficient (Wildman–Crippen LogP) is 2.82. The van der Waals surface area contributed by atoms with Crippen molar-refractivity contribution in [2.45, 2.75) is 13.8 Å². The summed E-state index contributed by atoms with van der Waals surface area (Å²) in [5.41, 5.74) is 1.71. The van der Waals surface area contributed by atoms with Gasteiger partial charge in [0.15, 0.2) is 6.29 Å². The van der Waals surface area contributed by atoms with Crippen molar-refractivity contribution in [1.29, 1.82) is 0 Å². The zero-order chi connectivity index (χ0) is 14.7. The summed E-state index contributed by atoms with van der Waals surface area (Å²) < 4.78 is 6.37. The van der Waals surface area contributed by atoms with E-state index in [1.54, 1.807) is 32.0 Å². The molecular weight excluding hydrogens is 280 g/mol. The zero-order valence-electron chi connectivity index (χ0n) is 11.1. The van der Waals surface area contributed by atoms with Gasteiger partial charge in [-0.25, -0.2) is 9.48 Å². The lowest BCUT2D eigenvalue weighted by atomic mass is 10.2. The number of nitrogens with zero attached hydrogens (tertiary/aromatic N) is 2. The van der Waals surface area contributed by atoms with Crippen molar-refractivity contribution in [2.24, 2.45) is 0 Å². The fraction of sp³-hybridized carbons (Fsp3) is 0.214. The molecule has 0 amide bonds. The first-order chi connectivity index (χ1) is 9.58. The summed E-state index contributed by atoms with van der Waals surface area (Å²) in [4.78, 5) is 22.9. The average molecular weight is 293 g/mol. The van der Waals surface area contributed by atoms with Gasteiger partial charge < -0.3 is 4.74 Å². The molecule has 20 heavy (non-hydrogen) atoms. The van der Waals surface area contributed by atoms with Crippen molar-refractivity contribution in [3.63, 3.8) is 0 Å². The third-order valence-corrected chi connectivity index (χ3v) is 3.07. The Balaban J connectivity index is 2.53. The van der Waals surface area contributed by atoms with Gasteiger partial charge in [0.1, 0.15) is 5.56 Å². The van der Waals surface area contributed by atoms with E-state index in [0.29, 0.717) is 33.8 Å². The van der Waals surface area contributed by atoms with Crippen molar-refractivity contribution in [3.8, 4) is 5.69 Å². The molecule has 0 aliphatic carbocycles. The van der Waals surface area contributed by atoms with E-state index in [4.69, 9.17) is 16.3 Å². The van der Waals surface area contributed by atoms with Gasteiger partial charge in [0, 0.05) is 11.8 Å². The van der Waals surface area contributed by atoms with Gasteiger partial charge in [0.05, 0.1) is 23.0 Å². The highest BCUT2D eigenvalue weighted by molar-refractivity contribution is 6.32. The first-order valence-corrected chi connectivity index (χ1v) is 6.43. The lowest BCUT2D eigenvalue weighted by Gasteiger charge is -2.06. The van der Waals surface area contributed by atoms with Crippen molar-refractivity contribution < 1.29 is 14.3 Å². The summed E-state index contributed by atoms with van der Waals surface area (Å²) in [5.74, 6) is -0.448. The van der Waals surface area contributed by atoms with Gasteiger partial charge in [-0.05, 0) is 26.0 Å². The van der Waals surface area contributed by atoms with E-state index < -0.39 is 5.97 Å². The van der Waals surface area contributed by atoms with E-state index in [-0.39, 0.29) is 6.61 Å². The number of aromatic nitrogens is 2. The molecule has 0 N–H and O–H groups in total. The minimum absolute atomic E-state index is 0.287. The smallest absolute Gasteiger partial charge is 0.341 e. The Morgan fingerprint density at radius 3 is 2.90 bits per heavy atom. The van der Waals surface area contributed by atoms with Crippen LogP contribution in [0.4, 0.5) is 0 Å². The summed E-state index contributed by atoms with van der Waals surface area (Å²) in [6, 6.07) is 4.97. The third kappa shape index (κ3) is 2.58. The van der Waals surface area contributed by atoms with E-state index in [1.165, 1.54) is 10.9 Å². The van der Waals surface area contributed by atoms with E-state index in [2.05, 4.69) is 5.10 Å². The maximum Gasteiger partial charge on any atom is 0.341 e. The predicted molar refractivity (Wildman–Crippen MR) is 74.7 cm³/mol. The number of aryl methyl sites for hydroxylation is 1. The van der Waals surface area contributed by atoms with Crippen LogP contribution >= 0.6 is 11.6 Å². The number of rotatable bonds is 4. The maximum atomic E-state index is 11.8. The molecule has 0 aliphatic rings. The van der Waals surface area contributed by atoms with E-state index >= 15 is 0 Å². The molecule has 6 heteroatoms. The van der Waals surface area contributed by atoms with Crippen molar-refractivity contribution in [3.05, 3.63) is 46.2 Å². The van der Waals surface area contributed by atoms with Crippen molar-refractivity contribution in [2.75, 3.05) is 6.61 Å². The Kier molecular flexibility index (Phi) is 4.20. The standard InChI is InChI=1S/C14H13ClN2O3/c1-3-20-14(19)11-7-17(16-9(11)2)13-10(8-18)5-4-6-12(13)15/h4-8H,3H2,1-2H3. The zero-order valence-corrected chi connectivity index (χ0v) is 11.8. The number of hydrogen-bond acceptors (Lipinski definition) is 4. The molecule has 1 aromatic carbocycles. The van der Waals surface area contributed by atoms with Crippen LogP contribution in [0.2, 0.25) is 5.02 Å². The second kappa shape index (κ2) is 5.88. The number of aldehydes is 1. The molecule has 5 nitrogen and oxygen atoms in total. The Morgan fingerprint density at radius 2 is 2.25 bits per heavy atom. The number of carbonyl (C=O) groups is 2. The minimum atomic E-state index is -0.448. The summed E-state index contributed by atoms with van der Waals surface area (Å²) in [7, 11) is 0. The molecule has 0 aliphatic heterocycles. The molecule has 0 saturated heterocycles. The monoisotopic (exact) mass is 292 g/mol. The van der Waals surface area contributed by atoms with Gasteiger partial charge in [-0.15, -0.1) is 0 Å². The van der Waals surface area contributed by atoms with Gasteiger partial charge >= 0.3 is 5.97 Å². The first kappa shape index (κ1) is 14.3. The Bertz CT molecular complexity index is 664. The SMILES string of the molecule is CCOC(=O)c1cn(-c2c(Cl)cccc2C=O)nc1C. The second-order valence-electron chi connectivity index (χ2n) is 4.09. The molecule has 2 aromatic rings. The van der Waals surface area contributed by atoms with E-state index in [9.17, 15) is 9.59 Å². The molecule has 1 heterocycles. The molecule has 0 radical (unpaired) electrons. The first-order valence-electron chi connectivity index (χ1n) is 6.06. The van der Waals surface area contributed by atoms with Gasteiger partial charge in [0.25, 0.3) is 0 Å². The Labute approximate surface area is 121 Å². The summed E-state index contributed by atoms with van der Waals surface area (Å²) in [6.07, 6.45) is 2.21. The lowest BCUT2D eigenvalue weighted by Crippen LogP contribution is -2.05. The van der Waals surface area contributed by atoms with Crippen LogP contribution in [-0.2, 0) is 4.74 Å². The molecule has 0 unspecified atom stereocenters. The quantitative estimate of drug-likeness (QED) is 0.642. The number of hydrogen-bond donors (Lipinski definition) is 0. The average Bonchev–Trinajstić information content (AvgIpc) is 2.80. The van der Waals surface area contributed by atoms with Crippen molar-refractivity contribution in [1.82, 2.24) is 9.78 Å². The van der Waals surface area contributed by atoms with E-state index in [0.717, 1.165) is 0 Å². The van der Waals surface area contributed by atoms with Crippen LogP contribution in [-0.4, -0.2) is 28.6 Å². The Morgan fingerprint density at radius 1 is 1.50 bits per heavy atom. The number of para-hydroxylation sites is 1. The molecule has 0 bridgehead atoms. The highest BCUT2D eigenvalue weighted by Crippen LogP contribution is 2.24. The van der Waals surface area contributed by atoms with Crippen LogP contribution in [0.5, 0.6) is 0 Å². The fourth-order valence-corrected chi connectivity index (χ4v) is 2.12. The molecule has 0 saturated carbocycles. The minimum Gasteiger partial charge on any atom is -0.462 e. The third-order valence-electron chi connectivity index (χ3n) is 2.77. The van der Waals surface area contributed by atoms with Crippen LogP contribution in [0.15, 0.2) is 24.4 Å². The number of halogens is 1. The summed E-state index contributed by atoms with van der Waals surface area (Å²) in [5, 5.41) is 4.61. The molecule has 0 fully saturated rings. The van der Waals surface area contributed by atoms with Crippen molar-refractivity contribution >= 4 is 23.9 Å². The van der Waals surface area contributed by atoms with Crippen LogP contribution in [0.3, 0.4) is 0 Å². The highest BCUT2D eigenvalue weighted by atomic mass is 35.5. The molecule has 104 valence electrons. The number of esters is 1. The highest BCUT2D eigenvalue weighted by Gasteiger charge is 2.17. The van der Waals surface area contributed by atoms with Crippen LogP contribution in [0.1, 0.15) is 33.3 Å². The normalized spacial score (nSPS) is 10.3. The molecule has 0 spiro atoms. The van der Waals surface area contributed by atoms with Crippen LogP contribution in [0.25, 0.3) is 5.69 Å². The number of benzene rings is 1. The largest absolute Gasteiger partial charge is 0.462 e. The van der Waals surface area contributed by atoms with Crippen LogP contribution < -0.4 is 0 Å². The summed E-state index contributed by atoms with van der Waals surface area (Å²) >= 11 is 6.11.